The van der Waals surface area contributed by atoms with Gasteiger partial charge in [-0.2, -0.15) is 10.2 Å². The van der Waals surface area contributed by atoms with Crippen molar-refractivity contribution in [3.63, 3.8) is 0 Å². The Bertz CT molecular complexity index is 1180. The summed E-state index contributed by atoms with van der Waals surface area (Å²) >= 11 is 0. The zero-order chi connectivity index (χ0) is 24.5. The highest BCUT2D eigenvalue weighted by Crippen LogP contribution is 2.37. The number of amides is 1. The topological polar surface area (TPSA) is 89.6 Å². The van der Waals surface area contributed by atoms with Crippen LogP contribution in [0.4, 0.5) is 20.3 Å². The molecule has 3 aromatic rings. The molecule has 0 bridgehead atoms. The standard InChI is InChI=1S/C24H31F2N7O2.H2/c1-15(2)16-3-5-17(6-4-16)33-14-19(21(30-33)22(25)26)28-24(34)18-13-27-32-8-7-20(29-23(18)32)31-9-11-35-12-10-31;/h7-8,13-17,22H,3-6,9-12H2,1-2H3,(H,28,34);1H. The van der Waals surface area contributed by atoms with Crippen LogP contribution in [0.2, 0.25) is 0 Å². The molecule has 190 valence electrons. The molecule has 11 heteroatoms. The molecule has 1 aliphatic carbocycles. The van der Waals surface area contributed by atoms with Crippen molar-refractivity contribution in [1.29, 1.82) is 0 Å². The fourth-order valence-electron chi connectivity index (χ4n) is 5.06. The maximum atomic E-state index is 13.8. The number of halogens is 2. The third kappa shape index (κ3) is 4.86. The highest BCUT2D eigenvalue weighted by molar-refractivity contribution is 6.08. The Labute approximate surface area is 203 Å². The van der Waals surface area contributed by atoms with E-state index in [4.69, 9.17) is 4.74 Å². The van der Waals surface area contributed by atoms with Crippen molar-refractivity contribution in [3.8, 4) is 0 Å². The zero-order valence-corrected chi connectivity index (χ0v) is 20.0. The first-order chi connectivity index (χ1) is 16.9. The minimum atomic E-state index is -2.80. The van der Waals surface area contributed by atoms with Crippen LogP contribution in [0.1, 0.15) is 69.5 Å². The number of nitrogens with zero attached hydrogens (tertiary/aromatic N) is 6. The molecule has 1 saturated heterocycles. The molecule has 1 aliphatic heterocycles. The Kier molecular flexibility index (Phi) is 6.68. The van der Waals surface area contributed by atoms with Gasteiger partial charge in [0.2, 0.25) is 0 Å². The molecule has 0 spiro atoms. The Morgan fingerprint density at radius 1 is 1.20 bits per heavy atom. The van der Waals surface area contributed by atoms with Crippen LogP contribution in [-0.4, -0.2) is 56.6 Å². The molecule has 9 nitrogen and oxygen atoms in total. The molecule has 0 aromatic carbocycles. The third-order valence-corrected chi connectivity index (χ3v) is 7.21. The molecular weight excluding hydrogens is 456 g/mol. The van der Waals surface area contributed by atoms with Gasteiger partial charge in [-0.05, 0) is 43.6 Å². The number of hydrogen-bond donors (Lipinski definition) is 1. The fraction of sp³-hybridized carbons (Fsp3) is 0.583. The predicted molar refractivity (Wildman–Crippen MR) is 129 cm³/mol. The summed E-state index contributed by atoms with van der Waals surface area (Å²) in [6.45, 7) is 7.07. The van der Waals surface area contributed by atoms with Gasteiger partial charge in [-0.1, -0.05) is 13.8 Å². The van der Waals surface area contributed by atoms with Crippen molar-refractivity contribution >= 4 is 23.1 Å². The van der Waals surface area contributed by atoms with Crippen molar-refractivity contribution in [3.05, 3.63) is 35.9 Å². The SMILES string of the molecule is CC(C)C1CCC(n2cc(NC(=O)c3cnn4ccc(N5CCOCC5)nc34)c(C(F)F)n2)CC1.[HH]. The van der Waals surface area contributed by atoms with Gasteiger partial charge in [0.1, 0.15) is 11.4 Å². The Morgan fingerprint density at radius 3 is 2.63 bits per heavy atom. The third-order valence-electron chi connectivity index (χ3n) is 7.21. The number of aromatic nitrogens is 5. The Hall–Kier alpha value is -3.08. The maximum absolute atomic E-state index is 13.8. The van der Waals surface area contributed by atoms with E-state index in [0.717, 1.165) is 25.7 Å². The number of morpholine rings is 1. The molecule has 4 heterocycles. The number of rotatable bonds is 6. The number of ether oxygens (including phenoxy) is 1. The lowest BCUT2D eigenvalue weighted by atomic mass is 9.80. The molecule has 1 amide bonds. The van der Waals surface area contributed by atoms with E-state index in [1.165, 1.54) is 16.9 Å². The average molecular weight is 490 g/mol. The summed E-state index contributed by atoms with van der Waals surface area (Å²) in [5.74, 6) is 1.44. The molecule has 3 aromatic heterocycles. The molecule has 5 rings (SSSR count). The van der Waals surface area contributed by atoms with Crippen molar-refractivity contribution in [2.75, 3.05) is 36.5 Å². The van der Waals surface area contributed by atoms with Crippen LogP contribution in [0.15, 0.2) is 24.7 Å². The lowest BCUT2D eigenvalue weighted by Gasteiger charge is -2.30. The number of nitrogens with one attached hydrogen (secondary N) is 1. The highest BCUT2D eigenvalue weighted by Gasteiger charge is 2.28. The minimum Gasteiger partial charge on any atom is -0.378 e. The van der Waals surface area contributed by atoms with Gasteiger partial charge in [0, 0.05) is 26.9 Å². The second-order valence-corrected chi connectivity index (χ2v) is 9.69. The lowest BCUT2D eigenvalue weighted by Crippen LogP contribution is -2.36. The van der Waals surface area contributed by atoms with E-state index >= 15 is 0 Å². The molecule has 0 unspecified atom stereocenters. The average Bonchev–Trinajstić information content (AvgIpc) is 3.49. The Morgan fingerprint density at radius 2 is 1.94 bits per heavy atom. The van der Waals surface area contributed by atoms with Gasteiger partial charge < -0.3 is 15.0 Å². The van der Waals surface area contributed by atoms with E-state index in [0.29, 0.717) is 49.6 Å². The largest absolute Gasteiger partial charge is 0.378 e. The van der Waals surface area contributed by atoms with E-state index < -0.39 is 18.0 Å². The number of hydrogen-bond acceptors (Lipinski definition) is 6. The molecule has 2 fully saturated rings. The van der Waals surface area contributed by atoms with Crippen LogP contribution in [0.5, 0.6) is 0 Å². The van der Waals surface area contributed by atoms with Crippen LogP contribution in [0, 0.1) is 11.8 Å². The highest BCUT2D eigenvalue weighted by atomic mass is 19.3. The second kappa shape index (κ2) is 9.88. The summed E-state index contributed by atoms with van der Waals surface area (Å²) in [5, 5.41) is 11.0. The quantitative estimate of drug-likeness (QED) is 0.545. The van der Waals surface area contributed by atoms with Gasteiger partial charge in [0.05, 0.1) is 31.1 Å². The summed E-state index contributed by atoms with van der Waals surface area (Å²) in [6.07, 6.45) is 5.76. The summed E-state index contributed by atoms with van der Waals surface area (Å²) in [7, 11) is 0. The minimum absolute atomic E-state index is 0. The summed E-state index contributed by atoms with van der Waals surface area (Å²) < 4.78 is 36.1. The van der Waals surface area contributed by atoms with Crippen LogP contribution in [0.25, 0.3) is 5.65 Å². The van der Waals surface area contributed by atoms with E-state index in [2.05, 4.69) is 39.2 Å². The molecule has 0 radical (unpaired) electrons. The molecule has 35 heavy (non-hydrogen) atoms. The first-order valence-electron chi connectivity index (χ1n) is 12.3. The van der Waals surface area contributed by atoms with Crippen LogP contribution in [-0.2, 0) is 4.74 Å². The molecule has 1 saturated carbocycles. The smallest absolute Gasteiger partial charge is 0.284 e. The van der Waals surface area contributed by atoms with E-state index in [1.807, 2.05) is 6.07 Å². The maximum Gasteiger partial charge on any atom is 0.284 e. The number of fused-ring (bicyclic) bond motifs is 1. The van der Waals surface area contributed by atoms with E-state index in [-0.39, 0.29) is 18.7 Å². The number of carbonyl (C=O) groups is 1. The first-order valence-corrected chi connectivity index (χ1v) is 12.3. The molecule has 0 atom stereocenters. The van der Waals surface area contributed by atoms with Gasteiger partial charge in [-0.15, -0.1) is 0 Å². The summed E-state index contributed by atoms with van der Waals surface area (Å²) in [5.41, 5.74) is 0.192. The predicted octanol–water partition coefficient (Wildman–Crippen LogP) is 4.59. The van der Waals surface area contributed by atoms with Gasteiger partial charge >= 0.3 is 0 Å². The van der Waals surface area contributed by atoms with E-state index in [1.54, 1.807) is 10.9 Å². The molecule has 1 N–H and O–H groups in total. The van der Waals surface area contributed by atoms with Gasteiger partial charge in [0.15, 0.2) is 11.3 Å². The van der Waals surface area contributed by atoms with Crippen molar-refractivity contribution < 1.29 is 19.7 Å². The van der Waals surface area contributed by atoms with Crippen molar-refractivity contribution in [2.24, 2.45) is 11.8 Å². The van der Waals surface area contributed by atoms with Gasteiger partial charge in [-0.25, -0.2) is 18.3 Å². The van der Waals surface area contributed by atoms with Crippen molar-refractivity contribution in [1.82, 2.24) is 24.4 Å². The second-order valence-electron chi connectivity index (χ2n) is 9.69. The zero-order valence-electron chi connectivity index (χ0n) is 20.0. The summed E-state index contributed by atoms with van der Waals surface area (Å²) in [4.78, 5) is 19.8. The van der Waals surface area contributed by atoms with Gasteiger partial charge in [0.25, 0.3) is 12.3 Å². The lowest BCUT2D eigenvalue weighted by molar-refractivity contribution is 0.102. The number of alkyl halides is 2. The van der Waals surface area contributed by atoms with E-state index in [9.17, 15) is 13.6 Å². The van der Waals surface area contributed by atoms with Gasteiger partial charge in [-0.3, -0.25) is 9.48 Å². The molecular formula is C24H33F2N7O2. The fourth-order valence-corrected chi connectivity index (χ4v) is 5.06. The Balaban J connectivity index is 0.00000304. The number of anilines is 2. The monoisotopic (exact) mass is 489 g/mol. The molecule has 2 aliphatic rings. The van der Waals surface area contributed by atoms with Crippen LogP contribution < -0.4 is 10.2 Å². The van der Waals surface area contributed by atoms with Crippen LogP contribution >= 0.6 is 0 Å². The summed E-state index contributed by atoms with van der Waals surface area (Å²) in [6, 6.07) is 1.89. The first kappa shape index (κ1) is 23.7. The van der Waals surface area contributed by atoms with Crippen molar-refractivity contribution in [2.45, 2.75) is 52.0 Å². The number of carbonyl (C=O) groups excluding carboxylic acids is 1. The van der Waals surface area contributed by atoms with Crippen LogP contribution in [0.3, 0.4) is 0 Å². The normalized spacial score (nSPS) is 21.3.